The molecule has 0 unspecified atom stereocenters. The number of benzene rings is 1. The van der Waals surface area contributed by atoms with Gasteiger partial charge in [-0.1, -0.05) is 23.5 Å². The summed E-state index contributed by atoms with van der Waals surface area (Å²) in [6.07, 6.45) is 0. The minimum absolute atomic E-state index is 0. The van der Waals surface area contributed by atoms with Crippen molar-refractivity contribution in [2.75, 3.05) is 5.75 Å². The molecule has 0 spiro atoms. The van der Waals surface area contributed by atoms with Gasteiger partial charge in [0.2, 0.25) is 5.52 Å². The van der Waals surface area contributed by atoms with Gasteiger partial charge in [-0.05, 0) is 17.8 Å². The fourth-order valence-electron chi connectivity index (χ4n) is 1.56. The van der Waals surface area contributed by atoms with Crippen molar-refractivity contribution in [2.24, 2.45) is 0 Å². The maximum atomic E-state index is 2.42. The predicted molar refractivity (Wildman–Crippen MR) is 52.7 cm³/mol. The summed E-state index contributed by atoms with van der Waals surface area (Å²) >= 11 is 3.89. The number of fused-ring (bicyclic) bond motifs is 3. The molecule has 0 saturated heterocycles. The van der Waals surface area contributed by atoms with Gasteiger partial charge in [-0.25, -0.2) is 0 Å². The fraction of sp³-hybridized carbons (Fsp3) is 0.222. The van der Waals surface area contributed by atoms with E-state index in [1.807, 2.05) is 23.1 Å². The van der Waals surface area contributed by atoms with Gasteiger partial charge in [-0.15, -0.1) is 0 Å². The summed E-state index contributed by atoms with van der Waals surface area (Å²) in [5.74, 6) is 1.25. The number of thioether (sulfide) groups is 1. The minimum Gasteiger partial charge on any atom is -1.00 e. The molecule has 1 aliphatic rings. The van der Waals surface area contributed by atoms with Crippen LogP contribution in [0, 0.1) is 0 Å². The summed E-state index contributed by atoms with van der Waals surface area (Å²) in [5.41, 5.74) is 1.41. The Kier molecular flexibility index (Phi) is 2.62. The average Bonchev–Trinajstić information content (AvgIpc) is 2.62. The van der Waals surface area contributed by atoms with Crippen molar-refractivity contribution in [1.29, 1.82) is 0 Å². The third-order valence-electron chi connectivity index (χ3n) is 2.11. The number of rotatable bonds is 0. The number of nitrogens with zero attached hydrogens (tertiary/aromatic N) is 1. The zero-order chi connectivity index (χ0) is 7.97. The van der Waals surface area contributed by atoms with Gasteiger partial charge in [0.05, 0.1) is 5.75 Å². The van der Waals surface area contributed by atoms with Crippen molar-refractivity contribution in [3.8, 4) is 0 Å². The van der Waals surface area contributed by atoms with Crippen LogP contribution in [0.2, 0.25) is 0 Å². The molecule has 13 heavy (non-hydrogen) atoms. The van der Waals surface area contributed by atoms with Crippen molar-refractivity contribution in [3.63, 3.8) is 0 Å². The smallest absolute Gasteiger partial charge is 0.298 e. The first kappa shape index (κ1) is 9.49. The average molecular weight is 274 g/mol. The van der Waals surface area contributed by atoms with Crippen LogP contribution in [0.25, 0.3) is 10.2 Å². The summed E-state index contributed by atoms with van der Waals surface area (Å²) in [6.45, 7) is 1.18. The second kappa shape index (κ2) is 3.59. The van der Waals surface area contributed by atoms with Crippen LogP contribution in [0.3, 0.4) is 0 Å². The largest absolute Gasteiger partial charge is 1.00 e. The van der Waals surface area contributed by atoms with E-state index in [4.69, 9.17) is 0 Å². The third kappa shape index (κ3) is 1.41. The molecule has 4 heteroatoms. The van der Waals surface area contributed by atoms with E-state index in [1.165, 1.54) is 26.9 Å². The van der Waals surface area contributed by atoms with Crippen LogP contribution < -0.4 is 21.5 Å². The van der Waals surface area contributed by atoms with Crippen molar-refractivity contribution in [3.05, 3.63) is 24.3 Å². The molecule has 0 saturated carbocycles. The van der Waals surface area contributed by atoms with Gasteiger partial charge in [0, 0.05) is 6.07 Å². The summed E-state index contributed by atoms with van der Waals surface area (Å²) in [5, 5.41) is 0. The van der Waals surface area contributed by atoms with E-state index in [0.717, 1.165) is 0 Å². The Morgan fingerprint density at radius 3 is 3.00 bits per heavy atom. The maximum Gasteiger partial charge on any atom is 0.298 e. The summed E-state index contributed by atoms with van der Waals surface area (Å²) in [4.78, 5) is 0. The second-order valence-corrected chi connectivity index (χ2v) is 5.21. The number of para-hydroxylation sites is 1. The van der Waals surface area contributed by atoms with Gasteiger partial charge >= 0.3 is 0 Å². The lowest BCUT2D eigenvalue weighted by atomic mass is 10.3. The minimum atomic E-state index is 0. The zero-order valence-electron chi connectivity index (χ0n) is 6.87. The van der Waals surface area contributed by atoms with Gasteiger partial charge in [0.25, 0.3) is 4.34 Å². The van der Waals surface area contributed by atoms with Crippen molar-refractivity contribution < 1.29 is 21.5 Å². The Balaban J connectivity index is 0.000000653. The van der Waals surface area contributed by atoms with E-state index in [9.17, 15) is 0 Å². The Morgan fingerprint density at radius 2 is 2.08 bits per heavy atom. The molecular weight excluding hydrogens is 266 g/mol. The van der Waals surface area contributed by atoms with Crippen LogP contribution in [0.4, 0.5) is 0 Å². The molecule has 1 aromatic heterocycles. The van der Waals surface area contributed by atoms with E-state index in [-0.39, 0.29) is 17.0 Å². The number of hydrogen-bond acceptors (Lipinski definition) is 2. The molecule has 1 aromatic carbocycles. The van der Waals surface area contributed by atoms with Crippen LogP contribution >= 0.6 is 23.1 Å². The number of hydrogen-bond donors (Lipinski definition) is 0. The number of aromatic nitrogens is 1. The van der Waals surface area contributed by atoms with Crippen LogP contribution in [-0.2, 0) is 6.54 Å². The van der Waals surface area contributed by atoms with Gasteiger partial charge in [0.15, 0.2) is 6.54 Å². The zero-order valence-corrected chi connectivity index (χ0v) is 10.1. The topological polar surface area (TPSA) is 3.88 Å². The van der Waals surface area contributed by atoms with Crippen LogP contribution in [0.5, 0.6) is 0 Å². The lowest BCUT2D eigenvalue weighted by molar-refractivity contribution is -0.692. The number of aryl methyl sites for hydroxylation is 1. The van der Waals surface area contributed by atoms with E-state index in [1.54, 1.807) is 0 Å². The Morgan fingerprint density at radius 1 is 1.23 bits per heavy atom. The van der Waals surface area contributed by atoms with E-state index >= 15 is 0 Å². The quantitative estimate of drug-likeness (QED) is 0.575. The highest BCUT2D eigenvalue weighted by molar-refractivity contribution is 8.01. The second-order valence-electron chi connectivity index (χ2n) is 2.84. The summed E-state index contributed by atoms with van der Waals surface area (Å²) in [6, 6.07) is 8.64. The monoisotopic (exact) mass is 273 g/mol. The molecule has 2 heterocycles. The van der Waals surface area contributed by atoms with Crippen LogP contribution in [0.15, 0.2) is 28.6 Å². The molecule has 1 aliphatic heterocycles. The van der Waals surface area contributed by atoms with Crippen LogP contribution in [0.1, 0.15) is 0 Å². The third-order valence-corrected chi connectivity index (χ3v) is 4.53. The lowest BCUT2D eigenvalue weighted by Gasteiger charge is -1.84. The number of thiazole rings is 1. The van der Waals surface area contributed by atoms with E-state index < -0.39 is 0 Å². The van der Waals surface area contributed by atoms with Gasteiger partial charge in [-0.3, -0.25) is 0 Å². The molecule has 0 radical (unpaired) electrons. The van der Waals surface area contributed by atoms with Crippen molar-refractivity contribution in [1.82, 2.24) is 0 Å². The molecule has 0 amide bonds. The molecule has 0 N–H and O–H groups in total. The fourth-order valence-corrected chi connectivity index (χ4v) is 4.02. The lowest BCUT2D eigenvalue weighted by Crippen LogP contribution is -3.00. The molecule has 0 bridgehead atoms. The SMILES string of the molecule is [Br-].c1ccc2c(c1)sc1[n+]2CCS1. The van der Waals surface area contributed by atoms with Crippen LogP contribution in [-0.4, -0.2) is 5.75 Å². The molecule has 0 fully saturated rings. The Bertz CT molecular complexity index is 438. The van der Waals surface area contributed by atoms with Gasteiger partial charge in [-0.2, -0.15) is 4.57 Å². The summed E-state index contributed by atoms with van der Waals surface area (Å²) in [7, 11) is 0. The first-order chi connectivity index (χ1) is 5.95. The first-order valence-electron chi connectivity index (χ1n) is 3.99. The number of halogens is 1. The molecule has 0 atom stereocenters. The first-order valence-corrected chi connectivity index (χ1v) is 5.79. The van der Waals surface area contributed by atoms with Gasteiger partial charge in [0.1, 0.15) is 4.70 Å². The van der Waals surface area contributed by atoms with E-state index in [2.05, 4.69) is 28.8 Å². The predicted octanol–water partition coefficient (Wildman–Crippen LogP) is -0.701. The molecule has 1 nitrogen and oxygen atoms in total. The highest BCUT2D eigenvalue weighted by Crippen LogP contribution is 2.31. The highest BCUT2D eigenvalue weighted by Gasteiger charge is 2.25. The summed E-state index contributed by atoms with van der Waals surface area (Å²) < 4.78 is 5.31. The highest BCUT2D eigenvalue weighted by atomic mass is 79.9. The molecule has 2 aromatic rings. The van der Waals surface area contributed by atoms with E-state index in [0.29, 0.717) is 0 Å². The maximum absolute atomic E-state index is 2.42. The standard InChI is InChI=1S/C9H8NS2.BrH/c1-2-4-8-7(3-1)10-5-6-11-9(10)12-8;/h1-4H,5-6H2;1H/q+1;/p-1. The Labute approximate surface area is 95.5 Å². The molecular formula is C9H8BrNS2. The molecule has 3 rings (SSSR count). The Hall–Kier alpha value is -0.0600. The van der Waals surface area contributed by atoms with Gasteiger partial charge < -0.3 is 17.0 Å². The molecule has 68 valence electrons. The normalized spacial score (nSPS) is 14.2. The van der Waals surface area contributed by atoms with Crippen molar-refractivity contribution >= 4 is 33.3 Å². The van der Waals surface area contributed by atoms with Crippen molar-refractivity contribution in [2.45, 2.75) is 10.9 Å². The molecule has 0 aliphatic carbocycles.